The molecule has 0 aromatic rings. The molecule has 1 rings (SSSR count). The Morgan fingerprint density at radius 1 is 1.12 bits per heavy atom. The first-order valence-electron chi connectivity index (χ1n) is 9.23. The number of amides is 1. The normalized spacial score (nSPS) is 16.4. The minimum absolute atomic E-state index is 0. The highest BCUT2D eigenvalue weighted by atomic mass is 127. The lowest BCUT2D eigenvalue weighted by atomic mass is 10.1. The van der Waals surface area contributed by atoms with Crippen molar-refractivity contribution in [2.75, 3.05) is 39.3 Å². The molecule has 0 saturated carbocycles. The minimum Gasteiger partial charge on any atom is -0.357 e. The van der Waals surface area contributed by atoms with E-state index in [1.165, 1.54) is 13.0 Å². The second-order valence-corrected chi connectivity index (χ2v) is 6.12. The highest BCUT2D eigenvalue weighted by Crippen LogP contribution is 2.10. The van der Waals surface area contributed by atoms with Crippen molar-refractivity contribution in [2.45, 2.75) is 58.9 Å². The zero-order valence-electron chi connectivity index (χ0n) is 15.6. The Kier molecular flexibility index (Phi) is 14.4. The van der Waals surface area contributed by atoms with Crippen molar-refractivity contribution in [3.8, 4) is 0 Å². The van der Waals surface area contributed by atoms with Crippen LogP contribution in [0.4, 0.5) is 0 Å². The van der Waals surface area contributed by atoms with Crippen LogP contribution in [-0.2, 0) is 4.79 Å². The number of aliphatic imine (C=N–C) groups is 1. The van der Waals surface area contributed by atoms with Gasteiger partial charge in [-0.1, -0.05) is 13.8 Å². The molecule has 0 aromatic heterocycles. The SMILES string of the molecule is CCCNC(=O)CCN=C(NCC)NC1CCN(CCC)CC1.I. The molecule has 0 spiro atoms. The van der Waals surface area contributed by atoms with Gasteiger partial charge in [0.2, 0.25) is 5.91 Å². The predicted molar refractivity (Wildman–Crippen MR) is 112 cm³/mol. The molecule has 0 aromatic carbocycles. The van der Waals surface area contributed by atoms with Gasteiger partial charge in [-0.15, -0.1) is 24.0 Å². The predicted octanol–water partition coefficient (Wildman–Crippen LogP) is 1.95. The van der Waals surface area contributed by atoms with Crippen LogP contribution in [0.15, 0.2) is 4.99 Å². The number of rotatable bonds is 9. The zero-order valence-corrected chi connectivity index (χ0v) is 17.9. The van der Waals surface area contributed by atoms with Crippen LogP contribution in [0.25, 0.3) is 0 Å². The van der Waals surface area contributed by atoms with Gasteiger partial charge in [0.05, 0.1) is 6.54 Å². The van der Waals surface area contributed by atoms with E-state index in [9.17, 15) is 4.79 Å². The molecule has 1 aliphatic rings. The Morgan fingerprint density at radius 2 is 1.83 bits per heavy atom. The maximum absolute atomic E-state index is 11.6. The van der Waals surface area contributed by atoms with E-state index in [1.54, 1.807) is 0 Å². The van der Waals surface area contributed by atoms with Crippen molar-refractivity contribution < 1.29 is 4.79 Å². The fraction of sp³-hybridized carbons (Fsp3) is 0.882. The maximum Gasteiger partial charge on any atom is 0.221 e. The first-order chi connectivity index (χ1) is 11.2. The number of carbonyl (C=O) groups is 1. The number of likely N-dealkylation sites (tertiary alicyclic amines) is 1. The van der Waals surface area contributed by atoms with Gasteiger partial charge in [-0.25, -0.2) is 0 Å². The minimum atomic E-state index is 0. The molecule has 1 saturated heterocycles. The molecule has 24 heavy (non-hydrogen) atoms. The van der Waals surface area contributed by atoms with Crippen LogP contribution in [0.3, 0.4) is 0 Å². The molecule has 6 nitrogen and oxygen atoms in total. The first-order valence-corrected chi connectivity index (χ1v) is 9.23. The summed E-state index contributed by atoms with van der Waals surface area (Å²) < 4.78 is 0. The van der Waals surface area contributed by atoms with E-state index < -0.39 is 0 Å². The number of nitrogens with zero attached hydrogens (tertiary/aromatic N) is 2. The molecule has 7 heteroatoms. The molecule has 0 bridgehead atoms. The van der Waals surface area contributed by atoms with Crippen molar-refractivity contribution in [3.63, 3.8) is 0 Å². The van der Waals surface area contributed by atoms with E-state index >= 15 is 0 Å². The van der Waals surface area contributed by atoms with Crippen molar-refractivity contribution in [3.05, 3.63) is 0 Å². The second kappa shape index (κ2) is 14.7. The molecule has 0 aliphatic carbocycles. The zero-order chi connectivity index (χ0) is 16.9. The van der Waals surface area contributed by atoms with Gasteiger partial charge in [0, 0.05) is 38.6 Å². The molecule has 1 fully saturated rings. The second-order valence-electron chi connectivity index (χ2n) is 6.12. The Balaban J connectivity index is 0.00000529. The molecule has 1 amide bonds. The average molecular weight is 453 g/mol. The molecular weight excluding hydrogens is 417 g/mol. The third-order valence-electron chi connectivity index (χ3n) is 3.99. The number of nitrogens with one attached hydrogen (secondary N) is 3. The van der Waals surface area contributed by atoms with E-state index in [-0.39, 0.29) is 29.9 Å². The summed E-state index contributed by atoms with van der Waals surface area (Å²) in [6, 6.07) is 0.481. The molecule has 1 heterocycles. The van der Waals surface area contributed by atoms with E-state index in [0.29, 0.717) is 19.0 Å². The van der Waals surface area contributed by atoms with Crippen molar-refractivity contribution >= 4 is 35.8 Å². The van der Waals surface area contributed by atoms with E-state index in [0.717, 1.165) is 51.4 Å². The lowest BCUT2D eigenvalue weighted by Crippen LogP contribution is -2.48. The smallest absolute Gasteiger partial charge is 0.221 e. The van der Waals surface area contributed by atoms with Crippen LogP contribution in [0.1, 0.15) is 52.9 Å². The monoisotopic (exact) mass is 453 g/mol. The van der Waals surface area contributed by atoms with Crippen LogP contribution in [0, 0.1) is 0 Å². The quantitative estimate of drug-likeness (QED) is 0.284. The number of guanidine groups is 1. The van der Waals surface area contributed by atoms with Gasteiger partial charge in [-0.2, -0.15) is 0 Å². The van der Waals surface area contributed by atoms with Gasteiger partial charge in [0.25, 0.3) is 0 Å². The van der Waals surface area contributed by atoms with Crippen LogP contribution < -0.4 is 16.0 Å². The number of carbonyl (C=O) groups excluding carboxylic acids is 1. The van der Waals surface area contributed by atoms with Gasteiger partial charge in [0.1, 0.15) is 0 Å². The Morgan fingerprint density at radius 3 is 2.42 bits per heavy atom. The summed E-state index contributed by atoms with van der Waals surface area (Å²) in [7, 11) is 0. The van der Waals surface area contributed by atoms with Crippen molar-refractivity contribution in [1.29, 1.82) is 0 Å². The summed E-state index contributed by atoms with van der Waals surface area (Å²) in [6.07, 6.45) is 4.95. The molecule has 3 N–H and O–H groups in total. The summed E-state index contributed by atoms with van der Waals surface area (Å²) in [6.45, 7) is 12.0. The summed E-state index contributed by atoms with van der Waals surface area (Å²) in [5.41, 5.74) is 0. The summed E-state index contributed by atoms with van der Waals surface area (Å²) in [4.78, 5) is 18.7. The van der Waals surface area contributed by atoms with E-state index in [1.807, 2.05) is 0 Å². The Bertz CT molecular complexity index is 357. The largest absolute Gasteiger partial charge is 0.357 e. The van der Waals surface area contributed by atoms with Gasteiger partial charge in [0.15, 0.2) is 5.96 Å². The summed E-state index contributed by atoms with van der Waals surface area (Å²) in [5, 5.41) is 9.68. The fourth-order valence-electron chi connectivity index (χ4n) is 2.75. The van der Waals surface area contributed by atoms with Crippen LogP contribution in [0.5, 0.6) is 0 Å². The van der Waals surface area contributed by atoms with Gasteiger partial charge in [-0.05, 0) is 39.2 Å². The molecule has 0 atom stereocenters. The number of hydrogen-bond donors (Lipinski definition) is 3. The molecule has 1 aliphatic heterocycles. The van der Waals surface area contributed by atoms with Crippen molar-refractivity contribution in [1.82, 2.24) is 20.9 Å². The number of piperidine rings is 1. The van der Waals surface area contributed by atoms with Crippen molar-refractivity contribution in [2.24, 2.45) is 4.99 Å². The lowest BCUT2D eigenvalue weighted by Gasteiger charge is -2.32. The third-order valence-corrected chi connectivity index (χ3v) is 3.99. The fourth-order valence-corrected chi connectivity index (χ4v) is 2.75. The maximum atomic E-state index is 11.6. The van der Waals surface area contributed by atoms with E-state index in [4.69, 9.17) is 0 Å². The molecule has 0 radical (unpaired) electrons. The summed E-state index contributed by atoms with van der Waals surface area (Å²) in [5.74, 6) is 0.920. The molecular formula is C17H36IN5O. The topological polar surface area (TPSA) is 68.8 Å². The van der Waals surface area contributed by atoms with E-state index in [2.05, 4.69) is 46.6 Å². The summed E-state index contributed by atoms with van der Waals surface area (Å²) >= 11 is 0. The average Bonchev–Trinajstić information content (AvgIpc) is 2.55. The first kappa shape index (κ1) is 23.4. The number of hydrogen-bond acceptors (Lipinski definition) is 3. The lowest BCUT2D eigenvalue weighted by molar-refractivity contribution is -0.120. The van der Waals surface area contributed by atoms with Crippen LogP contribution in [0.2, 0.25) is 0 Å². The molecule has 0 unspecified atom stereocenters. The van der Waals surface area contributed by atoms with Crippen LogP contribution in [-0.4, -0.2) is 62.1 Å². The van der Waals surface area contributed by atoms with Gasteiger partial charge in [-0.3, -0.25) is 9.79 Å². The Labute approximate surface area is 164 Å². The Hall–Kier alpha value is -0.570. The van der Waals surface area contributed by atoms with Gasteiger partial charge < -0.3 is 20.9 Å². The number of halogens is 1. The molecule has 142 valence electrons. The van der Waals surface area contributed by atoms with Gasteiger partial charge >= 0.3 is 0 Å². The highest BCUT2D eigenvalue weighted by molar-refractivity contribution is 14.0. The van der Waals surface area contributed by atoms with Crippen LogP contribution >= 0.6 is 24.0 Å². The third kappa shape index (κ3) is 10.3. The standard InChI is InChI=1S/C17H35N5O.HI/c1-4-10-19-16(23)7-11-20-17(18-6-3)21-15-8-13-22(12-5-2)14-9-15;/h15H,4-14H2,1-3H3,(H,19,23)(H2,18,20,21);1H. The highest BCUT2D eigenvalue weighted by Gasteiger charge is 2.19.